The summed E-state index contributed by atoms with van der Waals surface area (Å²) < 4.78 is 0. The maximum absolute atomic E-state index is 11.4. The minimum Gasteiger partial charge on any atom is -0.356 e. The van der Waals surface area contributed by atoms with Gasteiger partial charge in [-0.1, -0.05) is 18.2 Å². The molecular formula is C20H25N5O. The molecule has 0 unspecified atom stereocenters. The molecule has 0 saturated carbocycles. The Morgan fingerprint density at radius 3 is 2.92 bits per heavy atom. The van der Waals surface area contributed by atoms with Gasteiger partial charge in [0.1, 0.15) is 5.82 Å². The number of carbonyl (C=O) groups is 1. The van der Waals surface area contributed by atoms with E-state index in [2.05, 4.69) is 27.1 Å². The Morgan fingerprint density at radius 2 is 2.08 bits per heavy atom. The molecule has 2 heterocycles. The average Bonchev–Trinajstić information content (AvgIpc) is 2.91. The van der Waals surface area contributed by atoms with Crippen LogP contribution in [0.25, 0.3) is 17.3 Å². The maximum Gasteiger partial charge on any atom is 0.243 e. The Morgan fingerprint density at radius 1 is 1.19 bits per heavy atom. The van der Waals surface area contributed by atoms with Crippen molar-refractivity contribution in [1.82, 2.24) is 20.2 Å². The molecule has 1 aliphatic heterocycles. The predicted octanol–water partition coefficient (Wildman–Crippen LogP) is 2.04. The highest BCUT2D eigenvalue weighted by Gasteiger charge is 2.14. The van der Waals surface area contributed by atoms with Gasteiger partial charge in [-0.25, -0.2) is 4.98 Å². The fraction of sp³-hybridized carbons (Fsp3) is 0.350. The first kappa shape index (κ1) is 18.1. The van der Waals surface area contributed by atoms with E-state index in [0.717, 1.165) is 55.2 Å². The molecule has 26 heavy (non-hydrogen) atoms. The summed E-state index contributed by atoms with van der Waals surface area (Å²) in [5.41, 5.74) is 2.79. The highest BCUT2D eigenvalue weighted by molar-refractivity contribution is 5.91. The SMILES string of the molecule is CNC(=O)/C=C/c1cccc(-c2cncc(N3CCCN(C)CC3)n2)c1. The maximum atomic E-state index is 11.4. The standard InChI is InChI=1S/C20H25N5O/c1-21-20(26)8-7-16-5-3-6-17(13-16)18-14-22-15-19(23-18)25-10-4-9-24(2)11-12-25/h3,5-8,13-15H,4,9-12H2,1-2H3,(H,21,26)/b8-7+. The van der Waals surface area contributed by atoms with E-state index >= 15 is 0 Å². The van der Waals surface area contributed by atoms with Crippen molar-refractivity contribution in [2.75, 3.05) is 45.2 Å². The summed E-state index contributed by atoms with van der Waals surface area (Å²) in [5, 5.41) is 2.58. The van der Waals surface area contributed by atoms with Crippen molar-refractivity contribution in [2.24, 2.45) is 0 Å². The minimum atomic E-state index is -0.122. The summed E-state index contributed by atoms with van der Waals surface area (Å²) in [6, 6.07) is 7.96. The number of hydrogen-bond acceptors (Lipinski definition) is 5. The van der Waals surface area contributed by atoms with E-state index in [1.807, 2.05) is 30.5 Å². The molecule has 0 radical (unpaired) electrons. The third kappa shape index (κ3) is 4.67. The lowest BCUT2D eigenvalue weighted by atomic mass is 10.1. The first-order chi connectivity index (χ1) is 12.7. The van der Waals surface area contributed by atoms with E-state index < -0.39 is 0 Å². The third-order valence-electron chi connectivity index (χ3n) is 4.52. The molecule has 0 spiro atoms. The summed E-state index contributed by atoms with van der Waals surface area (Å²) in [7, 11) is 3.77. The molecule has 1 aromatic carbocycles. The van der Waals surface area contributed by atoms with Gasteiger partial charge in [0.25, 0.3) is 0 Å². The van der Waals surface area contributed by atoms with Gasteiger partial charge < -0.3 is 15.1 Å². The van der Waals surface area contributed by atoms with Crippen LogP contribution in [0.1, 0.15) is 12.0 Å². The molecule has 1 aliphatic rings. The zero-order valence-corrected chi connectivity index (χ0v) is 15.4. The van der Waals surface area contributed by atoms with Crippen molar-refractivity contribution in [2.45, 2.75) is 6.42 Å². The van der Waals surface area contributed by atoms with E-state index in [9.17, 15) is 4.79 Å². The number of nitrogens with one attached hydrogen (secondary N) is 1. The number of nitrogens with zero attached hydrogens (tertiary/aromatic N) is 4. The van der Waals surface area contributed by atoms with Crippen molar-refractivity contribution in [3.63, 3.8) is 0 Å². The molecule has 1 amide bonds. The van der Waals surface area contributed by atoms with Gasteiger partial charge in [-0.3, -0.25) is 9.78 Å². The molecule has 2 aromatic rings. The summed E-state index contributed by atoms with van der Waals surface area (Å²) in [6.07, 6.45) is 8.07. The smallest absolute Gasteiger partial charge is 0.243 e. The Kier molecular flexibility index (Phi) is 5.96. The molecule has 6 nitrogen and oxygen atoms in total. The summed E-state index contributed by atoms with van der Waals surface area (Å²) in [6.45, 7) is 4.11. The van der Waals surface area contributed by atoms with Crippen LogP contribution in [0.5, 0.6) is 0 Å². The number of aromatic nitrogens is 2. The van der Waals surface area contributed by atoms with Gasteiger partial charge in [-0.05, 0) is 37.7 Å². The molecule has 136 valence electrons. The second-order valence-corrected chi connectivity index (χ2v) is 6.48. The number of benzene rings is 1. The molecule has 6 heteroatoms. The van der Waals surface area contributed by atoms with Crippen LogP contribution in [-0.2, 0) is 4.79 Å². The van der Waals surface area contributed by atoms with Crippen molar-refractivity contribution in [1.29, 1.82) is 0 Å². The van der Waals surface area contributed by atoms with Gasteiger partial charge in [0, 0.05) is 38.3 Å². The van der Waals surface area contributed by atoms with Crippen LogP contribution in [-0.4, -0.2) is 61.0 Å². The second kappa shape index (κ2) is 8.58. The monoisotopic (exact) mass is 351 g/mol. The van der Waals surface area contributed by atoms with E-state index in [1.54, 1.807) is 19.3 Å². The van der Waals surface area contributed by atoms with Gasteiger partial charge in [-0.2, -0.15) is 0 Å². The van der Waals surface area contributed by atoms with Gasteiger partial charge in [0.05, 0.1) is 18.1 Å². The van der Waals surface area contributed by atoms with Crippen LogP contribution < -0.4 is 10.2 Å². The lowest BCUT2D eigenvalue weighted by Crippen LogP contribution is -2.29. The number of rotatable bonds is 4. The van der Waals surface area contributed by atoms with E-state index in [1.165, 1.54) is 6.08 Å². The summed E-state index contributed by atoms with van der Waals surface area (Å²) in [5.74, 6) is 0.799. The van der Waals surface area contributed by atoms with Crippen molar-refractivity contribution in [3.8, 4) is 11.3 Å². The van der Waals surface area contributed by atoms with Crippen LogP contribution in [0.2, 0.25) is 0 Å². The summed E-state index contributed by atoms with van der Waals surface area (Å²) >= 11 is 0. The van der Waals surface area contributed by atoms with Crippen LogP contribution >= 0.6 is 0 Å². The largest absolute Gasteiger partial charge is 0.356 e. The Balaban J connectivity index is 1.81. The average molecular weight is 351 g/mol. The van der Waals surface area contributed by atoms with Crippen LogP contribution in [0.3, 0.4) is 0 Å². The Hall–Kier alpha value is -2.73. The van der Waals surface area contributed by atoms with Gasteiger partial charge in [0.2, 0.25) is 5.91 Å². The molecule has 0 aliphatic carbocycles. The van der Waals surface area contributed by atoms with E-state index in [-0.39, 0.29) is 5.91 Å². The number of hydrogen-bond donors (Lipinski definition) is 1. The normalized spacial score (nSPS) is 15.8. The highest BCUT2D eigenvalue weighted by atomic mass is 16.1. The van der Waals surface area contributed by atoms with Gasteiger partial charge in [0.15, 0.2) is 0 Å². The number of amides is 1. The Labute approximate surface area is 154 Å². The fourth-order valence-corrected chi connectivity index (χ4v) is 2.98. The molecule has 1 saturated heterocycles. The fourth-order valence-electron chi connectivity index (χ4n) is 2.98. The molecule has 3 rings (SSSR count). The third-order valence-corrected chi connectivity index (χ3v) is 4.52. The molecule has 1 N–H and O–H groups in total. The van der Waals surface area contributed by atoms with E-state index in [4.69, 9.17) is 4.98 Å². The minimum absolute atomic E-state index is 0.122. The molecule has 0 atom stereocenters. The lowest BCUT2D eigenvalue weighted by Gasteiger charge is -2.21. The van der Waals surface area contributed by atoms with Crippen LogP contribution in [0.15, 0.2) is 42.7 Å². The quantitative estimate of drug-likeness (QED) is 0.854. The predicted molar refractivity (Wildman–Crippen MR) is 105 cm³/mol. The zero-order valence-electron chi connectivity index (χ0n) is 15.4. The second-order valence-electron chi connectivity index (χ2n) is 6.48. The van der Waals surface area contributed by atoms with Crippen molar-refractivity contribution in [3.05, 3.63) is 48.3 Å². The zero-order chi connectivity index (χ0) is 18.4. The van der Waals surface area contributed by atoms with Gasteiger partial charge >= 0.3 is 0 Å². The molecule has 0 bridgehead atoms. The van der Waals surface area contributed by atoms with Crippen LogP contribution in [0.4, 0.5) is 5.82 Å². The number of likely N-dealkylation sites (N-methyl/N-ethyl adjacent to an activating group) is 2. The molecule has 1 fully saturated rings. The Bertz CT molecular complexity index is 789. The van der Waals surface area contributed by atoms with Crippen LogP contribution in [0, 0.1) is 0 Å². The van der Waals surface area contributed by atoms with E-state index in [0.29, 0.717) is 0 Å². The number of anilines is 1. The molecule has 1 aromatic heterocycles. The highest BCUT2D eigenvalue weighted by Crippen LogP contribution is 2.21. The topological polar surface area (TPSA) is 61.4 Å². The first-order valence-electron chi connectivity index (χ1n) is 8.91. The van der Waals surface area contributed by atoms with Crippen molar-refractivity contribution >= 4 is 17.8 Å². The van der Waals surface area contributed by atoms with Gasteiger partial charge in [-0.15, -0.1) is 0 Å². The first-order valence-corrected chi connectivity index (χ1v) is 8.91. The van der Waals surface area contributed by atoms with Crippen molar-refractivity contribution < 1.29 is 4.79 Å². The number of carbonyl (C=O) groups excluding carboxylic acids is 1. The summed E-state index contributed by atoms with van der Waals surface area (Å²) in [4.78, 5) is 25.3. The molecular weight excluding hydrogens is 326 g/mol. The lowest BCUT2D eigenvalue weighted by molar-refractivity contribution is -0.115.